The van der Waals surface area contributed by atoms with Crippen LogP contribution in [0.25, 0.3) is 0 Å². The number of aliphatic imine (C=N–C) groups is 1. The standard InChI is InChI=1S/C22H28N6O2S/c1-2-21-27-26-16-28(21)10-9-24-22(25-15-18-4-3-13-31-18)23-8-7-17-5-6-19-20(14-17)30-12-11-29-19/h3-6,13-14,16H,2,7-12,15H2,1H3,(H2,23,24,25). The van der Waals surface area contributed by atoms with Gasteiger partial charge >= 0.3 is 0 Å². The van der Waals surface area contributed by atoms with E-state index in [0.29, 0.717) is 19.8 Å². The first kappa shape index (κ1) is 21.2. The van der Waals surface area contributed by atoms with E-state index in [1.165, 1.54) is 10.4 Å². The molecule has 9 heteroatoms. The Hall–Kier alpha value is -3.07. The fourth-order valence-electron chi connectivity index (χ4n) is 3.34. The predicted octanol–water partition coefficient (Wildman–Crippen LogP) is 2.65. The van der Waals surface area contributed by atoms with Crippen molar-refractivity contribution in [2.24, 2.45) is 4.99 Å². The minimum Gasteiger partial charge on any atom is -0.486 e. The molecule has 31 heavy (non-hydrogen) atoms. The number of nitrogens with zero attached hydrogens (tertiary/aromatic N) is 4. The summed E-state index contributed by atoms with van der Waals surface area (Å²) in [4.78, 5) is 5.98. The molecule has 0 saturated carbocycles. The molecule has 1 aromatic carbocycles. The topological polar surface area (TPSA) is 85.6 Å². The highest BCUT2D eigenvalue weighted by molar-refractivity contribution is 7.09. The van der Waals surface area contributed by atoms with Crippen molar-refractivity contribution in [1.82, 2.24) is 25.4 Å². The van der Waals surface area contributed by atoms with Crippen molar-refractivity contribution in [3.05, 3.63) is 58.3 Å². The van der Waals surface area contributed by atoms with E-state index in [9.17, 15) is 0 Å². The lowest BCUT2D eigenvalue weighted by Gasteiger charge is -2.19. The SMILES string of the molecule is CCc1nncn1CCNC(=NCc1cccs1)NCCc1ccc2c(c1)OCCO2. The summed E-state index contributed by atoms with van der Waals surface area (Å²) in [6, 6.07) is 10.3. The molecular formula is C22H28N6O2S. The van der Waals surface area contributed by atoms with E-state index in [2.05, 4.69) is 62.0 Å². The number of guanidine groups is 1. The van der Waals surface area contributed by atoms with Crippen LogP contribution >= 0.6 is 11.3 Å². The summed E-state index contributed by atoms with van der Waals surface area (Å²) in [6.45, 7) is 6.25. The minimum absolute atomic E-state index is 0.602. The summed E-state index contributed by atoms with van der Waals surface area (Å²) in [6.07, 6.45) is 3.51. The Labute approximate surface area is 186 Å². The maximum absolute atomic E-state index is 5.69. The summed E-state index contributed by atoms with van der Waals surface area (Å²) >= 11 is 1.72. The Morgan fingerprint density at radius 2 is 2.03 bits per heavy atom. The Morgan fingerprint density at radius 3 is 2.87 bits per heavy atom. The molecule has 0 radical (unpaired) electrons. The number of ether oxygens (including phenoxy) is 2. The van der Waals surface area contributed by atoms with Crippen LogP contribution in [-0.2, 0) is 25.9 Å². The number of benzene rings is 1. The van der Waals surface area contributed by atoms with E-state index in [1.54, 1.807) is 17.7 Å². The molecule has 1 aliphatic rings. The van der Waals surface area contributed by atoms with Gasteiger partial charge in [-0.2, -0.15) is 0 Å². The van der Waals surface area contributed by atoms with Crippen molar-refractivity contribution in [3.63, 3.8) is 0 Å². The van der Waals surface area contributed by atoms with Gasteiger partial charge in [0.25, 0.3) is 0 Å². The molecule has 2 aromatic heterocycles. The third kappa shape index (κ3) is 5.97. The lowest BCUT2D eigenvalue weighted by atomic mass is 10.1. The maximum Gasteiger partial charge on any atom is 0.191 e. The summed E-state index contributed by atoms with van der Waals surface area (Å²) in [5, 5.41) is 17.1. The zero-order chi connectivity index (χ0) is 21.3. The number of aromatic nitrogens is 3. The van der Waals surface area contributed by atoms with Gasteiger partial charge in [0.2, 0.25) is 0 Å². The van der Waals surface area contributed by atoms with E-state index in [1.807, 2.05) is 6.07 Å². The van der Waals surface area contributed by atoms with Crippen LogP contribution in [0.3, 0.4) is 0 Å². The molecule has 0 atom stereocenters. The molecule has 0 spiro atoms. The first-order valence-corrected chi connectivity index (χ1v) is 11.5. The fourth-order valence-corrected chi connectivity index (χ4v) is 3.96. The minimum atomic E-state index is 0.602. The Morgan fingerprint density at radius 1 is 1.16 bits per heavy atom. The van der Waals surface area contributed by atoms with Crippen LogP contribution in [0.15, 0.2) is 47.0 Å². The molecular weight excluding hydrogens is 412 g/mol. The molecule has 3 heterocycles. The first-order valence-electron chi connectivity index (χ1n) is 10.6. The number of thiophene rings is 1. The third-order valence-corrected chi connectivity index (χ3v) is 5.80. The highest BCUT2D eigenvalue weighted by atomic mass is 32.1. The van der Waals surface area contributed by atoms with Gasteiger partial charge in [-0.3, -0.25) is 0 Å². The van der Waals surface area contributed by atoms with Crippen molar-refractivity contribution in [1.29, 1.82) is 0 Å². The third-order valence-electron chi connectivity index (χ3n) is 4.94. The number of aryl methyl sites for hydroxylation is 1. The molecule has 2 N–H and O–H groups in total. The summed E-state index contributed by atoms with van der Waals surface area (Å²) < 4.78 is 13.4. The Bertz CT molecular complexity index is 986. The van der Waals surface area contributed by atoms with Gasteiger partial charge in [-0.15, -0.1) is 21.5 Å². The zero-order valence-corrected chi connectivity index (χ0v) is 18.5. The molecule has 0 aliphatic carbocycles. The molecule has 0 unspecified atom stereocenters. The quantitative estimate of drug-likeness (QED) is 0.393. The largest absolute Gasteiger partial charge is 0.486 e. The Kier molecular flexibility index (Phi) is 7.38. The summed E-state index contributed by atoms with van der Waals surface area (Å²) in [5.74, 6) is 3.44. The number of rotatable bonds is 9. The van der Waals surface area contributed by atoms with E-state index in [4.69, 9.17) is 14.5 Å². The van der Waals surface area contributed by atoms with Gasteiger partial charge in [0.05, 0.1) is 6.54 Å². The van der Waals surface area contributed by atoms with Gasteiger partial charge in [0.15, 0.2) is 17.5 Å². The lowest BCUT2D eigenvalue weighted by molar-refractivity contribution is 0.171. The zero-order valence-electron chi connectivity index (χ0n) is 17.7. The Balaban J connectivity index is 1.32. The maximum atomic E-state index is 5.69. The van der Waals surface area contributed by atoms with Crippen molar-refractivity contribution < 1.29 is 9.47 Å². The first-order chi connectivity index (χ1) is 15.3. The fraction of sp³-hybridized carbons (Fsp3) is 0.409. The summed E-state index contributed by atoms with van der Waals surface area (Å²) in [5.41, 5.74) is 1.20. The van der Waals surface area contributed by atoms with Gasteiger partial charge < -0.3 is 24.7 Å². The van der Waals surface area contributed by atoms with Crippen LogP contribution < -0.4 is 20.1 Å². The average Bonchev–Trinajstić information content (AvgIpc) is 3.49. The highest BCUT2D eigenvalue weighted by Gasteiger charge is 2.11. The van der Waals surface area contributed by atoms with Crippen LogP contribution in [0.5, 0.6) is 11.5 Å². The van der Waals surface area contributed by atoms with Gasteiger partial charge in [-0.05, 0) is 35.6 Å². The van der Waals surface area contributed by atoms with Crippen molar-refractivity contribution in [3.8, 4) is 11.5 Å². The lowest BCUT2D eigenvalue weighted by Crippen LogP contribution is -2.40. The second-order valence-corrected chi connectivity index (χ2v) is 8.15. The van der Waals surface area contributed by atoms with Crippen LogP contribution in [0.1, 0.15) is 23.2 Å². The molecule has 0 bridgehead atoms. The van der Waals surface area contributed by atoms with E-state index in [-0.39, 0.29) is 0 Å². The number of hydrogen-bond donors (Lipinski definition) is 2. The number of fused-ring (bicyclic) bond motifs is 1. The molecule has 4 rings (SSSR count). The van der Waals surface area contributed by atoms with Gasteiger partial charge in [0, 0.05) is 30.9 Å². The molecule has 8 nitrogen and oxygen atoms in total. The smallest absolute Gasteiger partial charge is 0.191 e. The van der Waals surface area contributed by atoms with Crippen LogP contribution in [0, 0.1) is 0 Å². The van der Waals surface area contributed by atoms with Crippen molar-refractivity contribution in [2.45, 2.75) is 32.9 Å². The monoisotopic (exact) mass is 440 g/mol. The second kappa shape index (κ2) is 10.8. The predicted molar refractivity (Wildman–Crippen MR) is 122 cm³/mol. The molecule has 164 valence electrons. The van der Waals surface area contributed by atoms with Gasteiger partial charge in [-0.1, -0.05) is 19.1 Å². The molecule has 0 amide bonds. The molecule has 3 aromatic rings. The second-order valence-electron chi connectivity index (χ2n) is 7.12. The highest BCUT2D eigenvalue weighted by Crippen LogP contribution is 2.30. The van der Waals surface area contributed by atoms with E-state index >= 15 is 0 Å². The number of hydrogen-bond acceptors (Lipinski definition) is 6. The van der Waals surface area contributed by atoms with Crippen LogP contribution in [-0.4, -0.2) is 47.0 Å². The van der Waals surface area contributed by atoms with Crippen LogP contribution in [0.4, 0.5) is 0 Å². The van der Waals surface area contributed by atoms with Crippen molar-refractivity contribution in [2.75, 3.05) is 26.3 Å². The number of nitrogens with one attached hydrogen (secondary N) is 2. The van der Waals surface area contributed by atoms with E-state index < -0.39 is 0 Å². The normalized spacial score (nSPS) is 13.3. The van der Waals surface area contributed by atoms with Gasteiger partial charge in [0.1, 0.15) is 25.4 Å². The van der Waals surface area contributed by atoms with Crippen LogP contribution in [0.2, 0.25) is 0 Å². The van der Waals surface area contributed by atoms with Gasteiger partial charge in [-0.25, -0.2) is 4.99 Å². The average molecular weight is 441 g/mol. The summed E-state index contributed by atoms with van der Waals surface area (Å²) in [7, 11) is 0. The van der Waals surface area contributed by atoms with Crippen molar-refractivity contribution >= 4 is 17.3 Å². The molecule has 0 fully saturated rings. The molecule has 0 saturated heterocycles. The molecule has 1 aliphatic heterocycles. The van der Waals surface area contributed by atoms with E-state index in [0.717, 1.165) is 55.8 Å².